The summed E-state index contributed by atoms with van der Waals surface area (Å²) in [6.07, 6.45) is -2.81. The number of nitrogens with two attached hydrogens (primary N) is 1. The van der Waals surface area contributed by atoms with Gasteiger partial charge in [0.1, 0.15) is 0 Å². The highest BCUT2D eigenvalue weighted by molar-refractivity contribution is 5.64. The molecule has 0 fully saturated rings. The number of primary amides is 1. The van der Waals surface area contributed by atoms with Crippen molar-refractivity contribution >= 4 is 6.09 Å². The maximum absolute atomic E-state index is 10.2. The van der Waals surface area contributed by atoms with Crippen molar-refractivity contribution in [3.63, 3.8) is 0 Å². The van der Waals surface area contributed by atoms with E-state index in [1.807, 2.05) is 0 Å². The summed E-state index contributed by atoms with van der Waals surface area (Å²) < 4.78 is 4.16. The maximum Gasteiger partial charge on any atom is 0.404 e. The number of hydrogen-bond acceptors (Lipinski definition) is 6. The summed E-state index contributed by atoms with van der Waals surface area (Å²) in [4.78, 5) is 10.2. The first kappa shape index (κ1) is 12.1. The number of carbonyl (C=O) groups is 1. The van der Waals surface area contributed by atoms with Crippen molar-refractivity contribution in [3.05, 3.63) is 0 Å². The van der Waals surface area contributed by atoms with Gasteiger partial charge in [0, 0.05) is 0 Å². The molecule has 0 radical (unpaired) electrons. The summed E-state index contributed by atoms with van der Waals surface area (Å²) in [6, 6.07) is 0. The van der Waals surface area contributed by atoms with Gasteiger partial charge in [-0.2, -0.15) is 0 Å². The van der Waals surface area contributed by atoms with Crippen molar-refractivity contribution in [1.29, 1.82) is 0 Å². The standard InChI is InChI=1S/C6H13NO6/c1-3(13-4(7)8)6(11,12)5(2,9)10/h3,9-12H,1-2H3,(H2,7,8). The van der Waals surface area contributed by atoms with Gasteiger partial charge >= 0.3 is 6.09 Å². The molecule has 0 aromatic heterocycles. The van der Waals surface area contributed by atoms with E-state index in [0.717, 1.165) is 13.8 Å². The molecular formula is C6H13NO6. The Morgan fingerprint density at radius 2 is 1.77 bits per heavy atom. The fraction of sp³-hybridized carbons (Fsp3) is 0.833. The van der Waals surface area contributed by atoms with Crippen LogP contribution in [-0.4, -0.2) is 44.2 Å². The minimum absolute atomic E-state index is 0.730. The van der Waals surface area contributed by atoms with Crippen LogP contribution in [0.25, 0.3) is 0 Å². The molecule has 0 aromatic rings. The van der Waals surface area contributed by atoms with E-state index in [-0.39, 0.29) is 0 Å². The third-order valence-electron chi connectivity index (χ3n) is 1.56. The summed E-state index contributed by atoms with van der Waals surface area (Å²) in [5.41, 5.74) is 4.59. The number of hydrogen-bond donors (Lipinski definition) is 5. The molecular weight excluding hydrogens is 182 g/mol. The number of rotatable bonds is 3. The molecule has 6 N–H and O–H groups in total. The number of carbonyl (C=O) groups excluding carboxylic acids is 1. The molecule has 1 atom stereocenters. The topological polar surface area (TPSA) is 133 Å². The van der Waals surface area contributed by atoms with Gasteiger partial charge in [0.25, 0.3) is 5.79 Å². The Bertz CT molecular complexity index is 196. The Kier molecular flexibility index (Phi) is 3.23. The largest absolute Gasteiger partial charge is 0.441 e. The number of ether oxygens (including phenoxy) is 1. The molecule has 0 rings (SSSR count). The third kappa shape index (κ3) is 2.81. The molecule has 0 heterocycles. The quantitative estimate of drug-likeness (QED) is 0.326. The summed E-state index contributed by atoms with van der Waals surface area (Å²) in [5.74, 6) is -5.80. The van der Waals surface area contributed by atoms with Gasteiger partial charge < -0.3 is 30.9 Å². The Morgan fingerprint density at radius 1 is 1.38 bits per heavy atom. The zero-order chi connectivity index (χ0) is 10.9. The predicted molar refractivity (Wildman–Crippen MR) is 40.1 cm³/mol. The number of aliphatic hydroxyl groups is 4. The molecule has 0 saturated heterocycles. The van der Waals surface area contributed by atoms with Crippen LogP contribution in [0.3, 0.4) is 0 Å². The minimum atomic E-state index is -2.98. The Morgan fingerprint density at radius 3 is 2.00 bits per heavy atom. The van der Waals surface area contributed by atoms with Crippen LogP contribution in [0.4, 0.5) is 4.79 Å². The van der Waals surface area contributed by atoms with Crippen LogP contribution in [0.2, 0.25) is 0 Å². The number of amides is 1. The second-order valence-corrected chi connectivity index (χ2v) is 2.83. The van der Waals surface area contributed by atoms with Crippen molar-refractivity contribution in [2.24, 2.45) is 5.73 Å². The molecule has 78 valence electrons. The lowest BCUT2D eigenvalue weighted by atomic mass is 10.0. The van der Waals surface area contributed by atoms with E-state index >= 15 is 0 Å². The fourth-order valence-electron chi connectivity index (χ4n) is 0.641. The lowest BCUT2D eigenvalue weighted by molar-refractivity contribution is -0.373. The van der Waals surface area contributed by atoms with Crippen molar-refractivity contribution in [1.82, 2.24) is 0 Å². The fourth-order valence-corrected chi connectivity index (χ4v) is 0.641. The molecule has 0 aliphatic carbocycles. The zero-order valence-electron chi connectivity index (χ0n) is 7.26. The van der Waals surface area contributed by atoms with Crippen LogP contribution in [0.1, 0.15) is 13.8 Å². The average Bonchev–Trinajstić information content (AvgIpc) is 1.82. The van der Waals surface area contributed by atoms with Crippen LogP contribution in [0, 0.1) is 0 Å². The van der Waals surface area contributed by atoms with E-state index in [2.05, 4.69) is 10.5 Å². The zero-order valence-corrected chi connectivity index (χ0v) is 7.26. The Balaban J connectivity index is 4.54. The van der Waals surface area contributed by atoms with E-state index in [4.69, 9.17) is 20.4 Å². The van der Waals surface area contributed by atoms with Crippen LogP contribution < -0.4 is 5.73 Å². The molecule has 0 aromatic carbocycles. The molecule has 0 spiro atoms. The first-order valence-electron chi connectivity index (χ1n) is 3.44. The molecule has 0 aliphatic heterocycles. The first-order chi connectivity index (χ1) is 5.59. The molecule has 13 heavy (non-hydrogen) atoms. The van der Waals surface area contributed by atoms with Crippen molar-refractivity contribution < 1.29 is 30.0 Å². The lowest BCUT2D eigenvalue weighted by Crippen LogP contribution is -2.60. The van der Waals surface area contributed by atoms with E-state index < -0.39 is 23.8 Å². The SMILES string of the molecule is CC(OC(N)=O)C(O)(O)C(C)(O)O. The van der Waals surface area contributed by atoms with Gasteiger partial charge in [-0.15, -0.1) is 0 Å². The van der Waals surface area contributed by atoms with Gasteiger partial charge in [-0.25, -0.2) is 4.79 Å². The summed E-state index contributed by atoms with van der Waals surface area (Å²) in [6.45, 7) is 1.78. The van der Waals surface area contributed by atoms with Gasteiger partial charge in [-0.3, -0.25) is 0 Å². The van der Waals surface area contributed by atoms with Gasteiger partial charge in [-0.1, -0.05) is 0 Å². The van der Waals surface area contributed by atoms with Gasteiger partial charge in [-0.05, 0) is 13.8 Å². The second-order valence-electron chi connectivity index (χ2n) is 2.83. The van der Waals surface area contributed by atoms with Crippen LogP contribution in [-0.2, 0) is 4.74 Å². The molecule has 0 aliphatic rings. The highest BCUT2D eigenvalue weighted by atomic mass is 16.6. The third-order valence-corrected chi connectivity index (χ3v) is 1.56. The Hall–Kier alpha value is -0.890. The molecule has 0 saturated carbocycles. The monoisotopic (exact) mass is 195 g/mol. The van der Waals surface area contributed by atoms with Gasteiger partial charge in [0.05, 0.1) is 0 Å². The lowest BCUT2D eigenvalue weighted by Gasteiger charge is -2.35. The van der Waals surface area contributed by atoms with Crippen LogP contribution in [0.5, 0.6) is 0 Å². The van der Waals surface area contributed by atoms with Crippen LogP contribution in [0.15, 0.2) is 0 Å². The maximum atomic E-state index is 10.2. The summed E-state index contributed by atoms with van der Waals surface area (Å²) in [7, 11) is 0. The van der Waals surface area contributed by atoms with E-state index in [9.17, 15) is 4.79 Å². The van der Waals surface area contributed by atoms with Crippen molar-refractivity contribution in [2.45, 2.75) is 31.5 Å². The highest BCUT2D eigenvalue weighted by Crippen LogP contribution is 2.22. The molecule has 1 amide bonds. The highest BCUT2D eigenvalue weighted by Gasteiger charge is 2.49. The van der Waals surface area contributed by atoms with Gasteiger partial charge in [0.15, 0.2) is 6.10 Å². The average molecular weight is 195 g/mol. The van der Waals surface area contributed by atoms with Crippen molar-refractivity contribution in [3.8, 4) is 0 Å². The summed E-state index contributed by atoms with van der Waals surface area (Å²) in [5, 5.41) is 35.9. The molecule has 1 unspecified atom stereocenters. The van der Waals surface area contributed by atoms with Gasteiger partial charge in [0.2, 0.25) is 5.79 Å². The molecule has 7 nitrogen and oxygen atoms in total. The molecule has 7 heteroatoms. The van der Waals surface area contributed by atoms with E-state index in [0.29, 0.717) is 0 Å². The van der Waals surface area contributed by atoms with E-state index in [1.165, 1.54) is 0 Å². The minimum Gasteiger partial charge on any atom is -0.441 e. The summed E-state index contributed by atoms with van der Waals surface area (Å²) >= 11 is 0. The molecule has 0 bridgehead atoms. The van der Waals surface area contributed by atoms with Crippen molar-refractivity contribution in [2.75, 3.05) is 0 Å². The first-order valence-corrected chi connectivity index (χ1v) is 3.44. The van der Waals surface area contributed by atoms with E-state index in [1.54, 1.807) is 0 Å². The van der Waals surface area contributed by atoms with Crippen LogP contribution >= 0.6 is 0 Å². The Labute approximate surface area is 74.4 Å². The normalized spacial score (nSPS) is 15.2. The predicted octanol–water partition coefficient (Wildman–Crippen LogP) is -2.15. The smallest absolute Gasteiger partial charge is 0.404 e. The second kappa shape index (κ2) is 3.46.